The topological polar surface area (TPSA) is 75.6 Å². The maximum atomic E-state index is 11.7. The van der Waals surface area contributed by atoms with Gasteiger partial charge in [0.25, 0.3) is 0 Å². The van der Waals surface area contributed by atoms with Crippen LogP contribution in [0.15, 0.2) is 0 Å². The lowest BCUT2D eigenvalue weighted by Crippen LogP contribution is -2.39. The van der Waals surface area contributed by atoms with Crippen molar-refractivity contribution >= 4 is 11.9 Å². The SMILES string of the molecule is COC(CCNC(=O)C(F)(F)F)C(=O)O. The van der Waals surface area contributed by atoms with Crippen molar-refractivity contribution in [3.05, 3.63) is 0 Å². The molecule has 15 heavy (non-hydrogen) atoms. The number of rotatable bonds is 5. The first-order valence-corrected chi connectivity index (χ1v) is 3.89. The minimum Gasteiger partial charge on any atom is -0.479 e. The van der Waals surface area contributed by atoms with Gasteiger partial charge in [0.1, 0.15) is 0 Å². The number of carbonyl (C=O) groups excluding carboxylic acids is 1. The van der Waals surface area contributed by atoms with Gasteiger partial charge in [-0.2, -0.15) is 13.2 Å². The molecule has 0 fully saturated rings. The van der Waals surface area contributed by atoms with Gasteiger partial charge in [0, 0.05) is 20.1 Å². The lowest BCUT2D eigenvalue weighted by molar-refractivity contribution is -0.173. The van der Waals surface area contributed by atoms with Gasteiger partial charge in [0.05, 0.1) is 0 Å². The number of alkyl halides is 3. The molecule has 2 N–H and O–H groups in total. The molecule has 88 valence electrons. The average molecular weight is 229 g/mol. The van der Waals surface area contributed by atoms with E-state index in [9.17, 15) is 22.8 Å². The molecule has 0 radical (unpaired) electrons. The number of hydrogen-bond donors (Lipinski definition) is 2. The number of carboxylic acid groups (broad SMARTS) is 1. The highest BCUT2D eigenvalue weighted by Gasteiger charge is 2.38. The molecular formula is C7H10F3NO4. The van der Waals surface area contributed by atoms with E-state index in [4.69, 9.17) is 5.11 Å². The lowest BCUT2D eigenvalue weighted by Gasteiger charge is -2.11. The molecule has 0 saturated carbocycles. The van der Waals surface area contributed by atoms with E-state index in [0.717, 1.165) is 7.11 Å². The number of methoxy groups -OCH3 is 1. The Kier molecular flexibility index (Phi) is 5.06. The van der Waals surface area contributed by atoms with Crippen LogP contribution in [-0.2, 0) is 14.3 Å². The van der Waals surface area contributed by atoms with Crippen LogP contribution in [0.5, 0.6) is 0 Å². The van der Waals surface area contributed by atoms with Crippen LogP contribution in [0.2, 0.25) is 0 Å². The van der Waals surface area contributed by atoms with Crippen LogP contribution < -0.4 is 5.32 Å². The standard InChI is InChI=1S/C7H10F3NO4/c1-15-4(5(12)13)2-3-11-6(14)7(8,9)10/h4H,2-3H2,1H3,(H,11,14)(H,12,13). The van der Waals surface area contributed by atoms with Gasteiger partial charge < -0.3 is 15.2 Å². The number of ether oxygens (including phenoxy) is 1. The minimum absolute atomic E-state index is 0.229. The van der Waals surface area contributed by atoms with Gasteiger partial charge in [-0.15, -0.1) is 0 Å². The second-order valence-corrected chi connectivity index (χ2v) is 2.60. The molecule has 1 amide bonds. The molecule has 8 heteroatoms. The van der Waals surface area contributed by atoms with Crippen molar-refractivity contribution in [2.75, 3.05) is 13.7 Å². The molecule has 0 saturated heterocycles. The van der Waals surface area contributed by atoms with Crippen LogP contribution in [-0.4, -0.2) is 42.9 Å². The van der Waals surface area contributed by atoms with Gasteiger partial charge in [0.2, 0.25) is 0 Å². The number of carboxylic acids is 1. The summed E-state index contributed by atoms with van der Waals surface area (Å²) in [7, 11) is 1.12. The average Bonchev–Trinajstić information content (AvgIpc) is 2.09. The zero-order chi connectivity index (χ0) is 12.1. The lowest BCUT2D eigenvalue weighted by atomic mass is 10.2. The fraction of sp³-hybridized carbons (Fsp3) is 0.714. The molecule has 0 aliphatic carbocycles. The molecule has 0 rings (SSSR count). The third kappa shape index (κ3) is 5.21. The number of amides is 1. The predicted molar refractivity (Wildman–Crippen MR) is 42.1 cm³/mol. The largest absolute Gasteiger partial charge is 0.479 e. The van der Waals surface area contributed by atoms with E-state index in [1.165, 1.54) is 5.32 Å². The summed E-state index contributed by atoms with van der Waals surface area (Å²) in [6.07, 6.45) is -6.40. The summed E-state index contributed by atoms with van der Waals surface area (Å²) >= 11 is 0. The number of aliphatic carboxylic acids is 1. The molecule has 0 aromatic carbocycles. The Bertz CT molecular complexity index is 241. The Morgan fingerprint density at radius 1 is 1.47 bits per heavy atom. The van der Waals surface area contributed by atoms with E-state index in [1.54, 1.807) is 0 Å². The van der Waals surface area contributed by atoms with Crippen LogP contribution in [0.1, 0.15) is 6.42 Å². The van der Waals surface area contributed by atoms with E-state index < -0.39 is 30.7 Å². The third-order valence-corrected chi connectivity index (χ3v) is 1.51. The van der Waals surface area contributed by atoms with Gasteiger partial charge in [0.15, 0.2) is 6.10 Å². The fourth-order valence-corrected chi connectivity index (χ4v) is 0.759. The maximum Gasteiger partial charge on any atom is 0.471 e. The van der Waals surface area contributed by atoms with E-state index in [2.05, 4.69) is 4.74 Å². The zero-order valence-corrected chi connectivity index (χ0v) is 7.80. The highest BCUT2D eigenvalue weighted by Crippen LogP contribution is 2.13. The first kappa shape index (κ1) is 13.7. The van der Waals surface area contributed by atoms with Gasteiger partial charge in [-0.3, -0.25) is 4.79 Å². The molecule has 0 spiro atoms. The predicted octanol–water partition coefficient (Wildman–Crippen LogP) is 0.155. The fourth-order valence-electron chi connectivity index (χ4n) is 0.759. The summed E-state index contributed by atoms with van der Waals surface area (Å²) in [5.41, 5.74) is 0. The molecule has 5 nitrogen and oxygen atoms in total. The highest BCUT2D eigenvalue weighted by molar-refractivity contribution is 5.81. The summed E-state index contributed by atoms with van der Waals surface area (Å²) in [5.74, 6) is -3.39. The smallest absolute Gasteiger partial charge is 0.471 e. The summed E-state index contributed by atoms with van der Waals surface area (Å²) in [4.78, 5) is 20.6. The van der Waals surface area contributed by atoms with Crippen molar-refractivity contribution in [1.82, 2.24) is 5.32 Å². The number of halogens is 3. The molecule has 0 aromatic rings. The van der Waals surface area contributed by atoms with Crippen molar-refractivity contribution in [3.63, 3.8) is 0 Å². The van der Waals surface area contributed by atoms with Gasteiger partial charge in [-0.1, -0.05) is 0 Å². The number of nitrogens with one attached hydrogen (secondary N) is 1. The quantitative estimate of drug-likeness (QED) is 0.703. The van der Waals surface area contributed by atoms with Crippen molar-refractivity contribution in [1.29, 1.82) is 0 Å². The molecule has 0 aliphatic heterocycles. The Balaban J connectivity index is 3.89. The summed E-state index contributed by atoms with van der Waals surface area (Å²) < 4.78 is 39.4. The van der Waals surface area contributed by atoms with Crippen LogP contribution in [0.3, 0.4) is 0 Å². The van der Waals surface area contributed by atoms with Gasteiger partial charge in [-0.05, 0) is 0 Å². The Morgan fingerprint density at radius 2 is 2.00 bits per heavy atom. The van der Waals surface area contributed by atoms with Gasteiger partial charge >= 0.3 is 18.1 Å². The zero-order valence-electron chi connectivity index (χ0n) is 7.80. The van der Waals surface area contributed by atoms with Crippen molar-refractivity contribution in [2.24, 2.45) is 0 Å². The van der Waals surface area contributed by atoms with E-state index in [-0.39, 0.29) is 6.42 Å². The van der Waals surface area contributed by atoms with Crippen LogP contribution in [0, 0.1) is 0 Å². The van der Waals surface area contributed by atoms with E-state index >= 15 is 0 Å². The minimum atomic E-state index is -4.95. The maximum absolute atomic E-state index is 11.7. The molecule has 0 aromatic heterocycles. The first-order valence-electron chi connectivity index (χ1n) is 3.89. The van der Waals surface area contributed by atoms with Crippen LogP contribution in [0.25, 0.3) is 0 Å². The molecule has 0 bridgehead atoms. The molecule has 1 unspecified atom stereocenters. The van der Waals surface area contributed by atoms with E-state index in [1.807, 2.05) is 0 Å². The Hall–Kier alpha value is -1.31. The van der Waals surface area contributed by atoms with Crippen LogP contribution in [0.4, 0.5) is 13.2 Å². The molecule has 1 atom stereocenters. The second kappa shape index (κ2) is 5.54. The first-order chi connectivity index (χ1) is 6.79. The normalized spacial score (nSPS) is 13.3. The number of hydrogen-bond acceptors (Lipinski definition) is 3. The van der Waals surface area contributed by atoms with Crippen LogP contribution >= 0.6 is 0 Å². The molecule has 0 heterocycles. The molecular weight excluding hydrogens is 219 g/mol. The molecule has 0 aliphatic rings. The van der Waals surface area contributed by atoms with Crippen molar-refractivity contribution in [3.8, 4) is 0 Å². The van der Waals surface area contributed by atoms with Gasteiger partial charge in [-0.25, -0.2) is 4.79 Å². The monoisotopic (exact) mass is 229 g/mol. The Labute approximate surface area is 83.2 Å². The number of carbonyl (C=O) groups is 2. The highest BCUT2D eigenvalue weighted by atomic mass is 19.4. The summed E-state index contributed by atoms with van der Waals surface area (Å²) in [6, 6.07) is 0. The van der Waals surface area contributed by atoms with Crippen molar-refractivity contribution in [2.45, 2.75) is 18.7 Å². The third-order valence-electron chi connectivity index (χ3n) is 1.51. The van der Waals surface area contributed by atoms with E-state index in [0.29, 0.717) is 0 Å². The summed E-state index contributed by atoms with van der Waals surface area (Å²) in [6.45, 7) is -0.414. The van der Waals surface area contributed by atoms with Crippen molar-refractivity contribution < 1.29 is 32.6 Å². The second-order valence-electron chi connectivity index (χ2n) is 2.60. The summed E-state index contributed by atoms with van der Waals surface area (Å²) in [5, 5.41) is 9.97. The Morgan fingerprint density at radius 3 is 2.33 bits per heavy atom.